The first kappa shape index (κ1) is 31.4. The van der Waals surface area contributed by atoms with Gasteiger partial charge in [0.2, 0.25) is 11.3 Å². The van der Waals surface area contributed by atoms with Crippen molar-refractivity contribution < 1.29 is 27.9 Å². The molecule has 0 spiro atoms. The van der Waals surface area contributed by atoms with Gasteiger partial charge in [-0.25, -0.2) is 8.78 Å². The monoisotopic (exact) mass is 633 g/mol. The van der Waals surface area contributed by atoms with Gasteiger partial charge in [-0.1, -0.05) is 49.2 Å². The first-order valence-corrected chi connectivity index (χ1v) is 15.7. The molecule has 1 aliphatic carbocycles. The van der Waals surface area contributed by atoms with Crippen molar-refractivity contribution in [3.8, 4) is 5.75 Å². The molecule has 12 heteroatoms. The molecular formula is C34H37F2N5O5. The lowest BCUT2D eigenvalue weighted by molar-refractivity contribution is -0.119. The summed E-state index contributed by atoms with van der Waals surface area (Å²) in [7, 11) is 0. The average Bonchev–Trinajstić information content (AvgIpc) is 3.04. The number of nitrogens with zero attached hydrogens (tertiary/aromatic N) is 3. The van der Waals surface area contributed by atoms with Crippen molar-refractivity contribution in [1.82, 2.24) is 25.0 Å². The van der Waals surface area contributed by atoms with Gasteiger partial charge in [-0.05, 0) is 30.4 Å². The van der Waals surface area contributed by atoms with E-state index in [0.717, 1.165) is 49.9 Å². The highest BCUT2D eigenvalue weighted by Crippen LogP contribution is 2.39. The van der Waals surface area contributed by atoms with E-state index in [9.17, 15) is 28.0 Å². The minimum absolute atomic E-state index is 0.000542. The number of hydrogen-bond donors (Lipinski definition) is 2. The molecule has 242 valence electrons. The smallest absolute Gasteiger partial charge is 0.276 e. The fraction of sp³-hybridized carbons (Fsp3) is 0.412. The second-order valence-electron chi connectivity index (χ2n) is 12.2. The zero-order valence-corrected chi connectivity index (χ0v) is 25.6. The van der Waals surface area contributed by atoms with Crippen molar-refractivity contribution in [2.75, 3.05) is 19.6 Å². The second-order valence-corrected chi connectivity index (χ2v) is 12.2. The van der Waals surface area contributed by atoms with Crippen molar-refractivity contribution in [3.63, 3.8) is 0 Å². The number of pyridine rings is 1. The van der Waals surface area contributed by atoms with Crippen LogP contribution in [0, 0.1) is 17.6 Å². The van der Waals surface area contributed by atoms with Gasteiger partial charge in [0.05, 0.1) is 6.54 Å². The van der Waals surface area contributed by atoms with Gasteiger partial charge in [-0.15, -0.1) is 0 Å². The minimum Gasteiger partial charge on any atom is -0.483 e. The van der Waals surface area contributed by atoms with E-state index >= 15 is 0 Å². The lowest BCUT2D eigenvalue weighted by atomic mass is 9.80. The lowest BCUT2D eigenvalue weighted by Gasteiger charge is -2.55. The lowest BCUT2D eigenvalue weighted by Crippen LogP contribution is -2.68. The van der Waals surface area contributed by atoms with Crippen LogP contribution < -0.4 is 20.8 Å². The number of halogens is 2. The number of rotatable bonds is 9. The molecule has 1 aromatic heterocycles. The number of carbonyl (C=O) groups is 3. The van der Waals surface area contributed by atoms with Crippen LogP contribution in [0.1, 0.15) is 64.6 Å². The van der Waals surface area contributed by atoms with Crippen molar-refractivity contribution in [1.29, 1.82) is 0 Å². The Morgan fingerprint density at radius 1 is 1.00 bits per heavy atom. The Labute approximate surface area is 265 Å². The molecule has 2 fully saturated rings. The number of nitrogens with one attached hydrogen (secondary N) is 2. The fourth-order valence-corrected chi connectivity index (χ4v) is 6.95. The number of hydrogen-bond acceptors (Lipinski definition) is 6. The van der Waals surface area contributed by atoms with Crippen molar-refractivity contribution in [3.05, 3.63) is 99.0 Å². The van der Waals surface area contributed by atoms with E-state index in [1.807, 2.05) is 35.2 Å². The van der Waals surface area contributed by atoms with E-state index in [4.69, 9.17) is 4.74 Å². The summed E-state index contributed by atoms with van der Waals surface area (Å²) in [6.45, 7) is 3.18. The van der Waals surface area contributed by atoms with Gasteiger partial charge in [0.1, 0.15) is 30.0 Å². The number of aromatic nitrogens is 1. The normalized spacial score (nSPS) is 20.7. The maximum atomic E-state index is 14.5. The molecule has 2 N–H and O–H groups in total. The molecular weight excluding hydrogens is 596 g/mol. The van der Waals surface area contributed by atoms with Gasteiger partial charge in [-0.2, -0.15) is 0 Å². The molecule has 3 aromatic rings. The summed E-state index contributed by atoms with van der Waals surface area (Å²) in [5.41, 5.74) is -0.0834. The van der Waals surface area contributed by atoms with E-state index in [2.05, 4.69) is 15.5 Å². The van der Waals surface area contributed by atoms with Crippen molar-refractivity contribution in [2.24, 2.45) is 5.92 Å². The van der Waals surface area contributed by atoms with Crippen LogP contribution in [-0.4, -0.2) is 63.9 Å². The molecule has 0 unspecified atom stereocenters. The van der Waals surface area contributed by atoms with E-state index in [1.54, 1.807) is 4.57 Å². The van der Waals surface area contributed by atoms with Crippen LogP contribution in [0.25, 0.3) is 0 Å². The highest BCUT2D eigenvalue weighted by Gasteiger charge is 2.49. The first-order chi connectivity index (χ1) is 22.2. The minimum atomic E-state index is -0.822. The maximum Gasteiger partial charge on any atom is 0.276 e. The number of ether oxygens (including phenoxy) is 1. The van der Waals surface area contributed by atoms with Crippen LogP contribution in [0.2, 0.25) is 0 Å². The Morgan fingerprint density at radius 3 is 2.54 bits per heavy atom. The van der Waals surface area contributed by atoms with Crippen LogP contribution in [0.15, 0.2) is 59.5 Å². The summed E-state index contributed by atoms with van der Waals surface area (Å²) >= 11 is 0. The Kier molecular flexibility index (Phi) is 9.16. The SMILES string of the molecule is CC(=O)NCCN1C[C@@H]2CCCC[C@@H]2N2C(=O)c3c(OCc4ccccc4)c(=O)c(C(=O)NCc4ccc(F)cc4F)cn3C[C@@H]12. The predicted molar refractivity (Wildman–Crippen MR) is 165 cm³/mol. The standard InChI is InChI=1S/C34H37F2N5O5/c1-21(42)37-13-14-39-17-24-9-5-6-10-28(24)41-29(39)19-40-18-26(33(44)38-16-23-11-12-25(35)15-27(23)36)31(43)32(30(40)34(41)45)46-20-22-7-3-2-4-8-22/h2-4,7-8,11-12,15,18,24,28-29H,5-6,9-10,13-14,16-17,19-20H2,1H3,(H,37,42)(H,38,44)/t24-,28-,29-/m0/s1. The molecule has 3 atom stereocenters. The molecule has 6 rings (SSSR count). The highest BCUT2D eigenvalue weighted by molar-refractivity contribution is 5.99. The first-order valence-electron chi connectivity index (χ1n) is 15.7. The molecule has 3 aliphatic rings. The Balaban J connectivity index is 1.37. The number of amides is 3. The third kappa shape index (κ3) is 6.39. The molecule has 2 aliphatic heterocycles. The van der Waals surface area contributed by atoms with Crippen molar-refractivity contribution in [2.45, 2.75) is 64.5 Å². The van der Waals surface area contributed by atoms with E-state index in [0.29, 0.717) is 13.1 Å². The van der Waals surface area contributed by atoms with Crippen LogP contribution in [0.5, 0.6) is 5.75 Å². The largest absolute Gasteiger partial charge is 0.483 e. The van der Waals surface area contributed by atoms with Gasteiger partial charge < -0.3 is 24.8 Å². The van der Waals surface area contributed by atoms with E-state index < -0.39 is 23.0 Å². The van der Waals surface area contributed by atoms with E-state index in [1.165, 1.54) is 19.2 Å². The van der Waals surface area contributed by atoms with Gasteiger partial charge in [0.25, 0.3) is 11.8 Å². The second kappa shape index (κ2) is 13.4. The molecule has 0 radical (unpaired) electrons. The number of benzene rings is 2. The molecule has 3 heterocycles. The molecule has 3 amide bonds. The molecule has 1 saturated carbocycles. The molecule has 1 saturated heterocycles. The van der Waals surface area contributed by atoms with Crippen molar-refractivity contribution >= 4 is 17.7 Å². The van der Waals surface area contributed by atoms with Gasteiger partial charge >= 0.3 is 0 Å². The van der Waals surface area contributed by atoms with Crippen LogP contribution in [0.3, 0.4) is 0 Å². The Morgan fingerprint density at radius 2 is 1.78 bits per heavy atom. The molecule has 10 nitrogen and oxygen atoms in total. The summed E-state index contributed by atoms with van der Waals surface area (Å²) in [6.07, 6.45) is 4.93. The quantitative estimate of drug-likeness (QED) is 0.374. The van der Waals surface area contributed by atoms with Crippen LogP contribution in [-0.2, 0) is 24.5 Å². The van der Waals surface area contributed by atoms with Crippen LogP contribution in [0.4, 0.5) is 8.78 Å². The third-order valence-electron chi connectivity index (χ3n) is 9.17. The number of fused-ring (bicyclic) bond motifs is 4. The molecule has 46 heavy (non-hydrogen) atoms. The number of carbonyl (C=O) groups excluding carboxylic acids is 3. The highest BCUT2D eigenvalue weighted by atomic mass is 19.1. The van der Waals surface area contributed by atoms with Gasteiger partial charge in [0, 0.05) is 57.0 Å². The summed E-state index contributed by atoms with van der Waals surface area (Å²) in [5, 5.41) is 5.41. The topological polar surface area (TPSA) is 113 Å². The summed E-state index contributed by atoms with van der Waals surface area (Å²) < 4.78 is 35.4. The third-order valence-corrected chi connectivity index (χ3v) is 9.17. The zero-order valence-electron chi connectivity index (χ0n) is 25.6. The fourth-order valence-electron chi connectivity index (χ4n) is 6.95. The molecule has 0 bridgehead atoms. The Hall–Kier alpha value is -4.58. The van der Waals surface area contributed by atoms with Gasteiger partial charge in [0.15, 0.2) is 11.4 Å². The average molecular weight is 634 g/mol. The Bertz CT molecular complexity index is 1700. The predicted octanol–water partition coefficient (Wildman–Crippen LogP) is 3.43. The summed E-state index contributed by atoms with van der Waals surface area (Å²) in [5.74, 6) is -2.76. The maximum absolute atomic E-state index is 14.5. The summed E-state index contributed by atoms with van der Waals surface area (Å²) in [4.78, 5) is 57.6. The van der Waals surface area contributed by atoms with Gasteiger partial charge in [-0.3, -0.25) is 24.1 Å². The molecule has 2 aromatic carbocycles. The zero-order chi connectivity index (χ0) is 32.4. The summed E-state index contributed by atoms with van der Waals surface area (Å²) in [6, 6.07) is 12.2. The van der Waals surface area contributed by atoms with Crippen LogP contribution >= 0.6 is 0 Å². The van der Waals surface area contributed by atoms with E-state index in [-0.39, 0.29) is 72.2 Å².